The van der Waals surface area contributed by atoms with Crippen molar-refractivity contribution in [3.63, 3.8) is 0 Å². The van der Waals surface area contributed by atoms with E-state index >= 15 is 0 Å². The monoisotopic (exact) mass is 249 g/mol. The predicted molar refractivity (Wildman–Crippen MR) is 65.2 cm³/mol. The second-order valence-corrected chi connectivity index (χ2v) is 7.02. The minimum absolute atomic E-state index is 0.233. The summed E-state index contributed by atoms with van der Waals surface area (Å²) in [4.78, 5) is 2.08. The lowest BCUT2D eigenvalue weighted by Gasteiger charge is -2.32. The average molecular weight is 249 g/mol. The molecule has 1 fully saturated rings. The summed E-state index contributed by atoms with van der Waals surface area (Å²) in [7, 11) is -2.84. The normalized spacial score (nSPS) is 22.9. The highest BCUT2D eigenvalue weighted by Crippen LogP contribution is 2.17. The van der Waals surface area contributed by atoms with Crippen molar-refractivity contribution in [1.82, 2.24) is 4.90 Å². The summed E-state index contributed by atoms with van der Waals surface area (Å²) < 4.78 is 22.9. The van der Waals surface area contributed by atoms with Crippen molar-refractivity contribution in [2.75, 3.05) is 31.1 Å². The lowest BCUT2D eigenvalue weighted by molar-refractivity contribution is -0.00147. The number of nitrogens with zero attached hydrogens (tertiary/aromatic N) is 1. The highest BCUT2D eigenvalue weighted by molar-refractivity contribution is 7.91. The highest BCUT2D eigenvalue weighted by Gasteiger charge is 2.27. The summed E-state index contributed by atoms with van der Waals surface area (Å²) in [6.07, 6.45) is 2.12. The van der Waals surface area contributed by atoms with Crippen molar-refractivity contribution in [2.45, 2.75) is 38.7 Å². The molecule has 1 aliphatic rings. The molecule has 0 radical (unpaired) electrons. The standard InChI is InChI=1S/C11H23NO3S/c1-3-11(13,4-2)10-12-6-5-8-16(14,15)9-7-12/h13H,3-10H2,1-2H3. The maximum absolute atomic E-state index is 11.4. The van der Waals surface area contributed by atoms with Gasteiger partial charge >= 0.3 is 0 Å². The Hall–Kier alpha value is -0.130. The molecule has 1 rings (SSSR count). The van der Waals surface area contributed by atoms with E-state index in [0.29, 0.717) is 38.1 Å². The molecule has 1 heterocycles. The molecule has 0 unspecified atom stereocenters. The van der Waals surface area contributed by atoms with Gasteiger partial charge < -0.3 is 5.11 Å². The number of rotatable bonds is 4. The van der Waals surface area contributed by atoms with Crippen molar-refractivity contribution in [1.29, 1.82) is 0 Å². The first kappa shape index (κ1) is 13.9. The molecule has 0 saturated carbocycles. The van der Waals surface area contributed by atoms with E-state index in [0.717, 1.165) is 6.54 Å². The minimum Gasteiger partial charge on any atom is -0.389 e. The summed E-state index contributed by atoms with van der Waals surface area (Å²) >= 11 is 0. The molecule has 4 nitrogen and oxygen atoms in total. The maximum Gasteiger partial charge on any atom is 0.151 e. The van der Waals surface area contributed by atoms with Gasteiger partial charge in [0.25, 0.3) is 0 Å². The van der Waals surface area contributed by atoms with Gasteiger partial charge in [0, 0.05) is 13.1 Å². The lowest BCUT2D eigenvalue weighted by atomic mass is 9.97. The first-order chi connectivity index (χ1) is 7.41. The highest BCUT2D eigenvalue weighted by atomic mass is 32.2. The van der Waals surface area contributed by atoms with Crippen LogP contribution in [0.2, 0.25) is 0 Å². The van der Waals surface area contributed by atoms with E-state index in [2.05, 4.69) is 4.90 Å². The average Bonchev–Trinajstić information content (AvgIpc) is 2.40. The molecular formula is C11H23NO3S. The van der Waals surface area contributed by atoms with Gasteiger partial charge in [-0.1, -0.05) is 13.8 Å². The van der Waals surface area contributed by atoms with Crippen LogP contribution in [0.1, 0.15) is 33.1 Å². The molecule has 0 atom stereocenters. The molecule has 1 aliphatic heterocycles. The zero-order chi connectivity index (χ0) is 12.2. The molecule has 1 saturated heterocycles. The zero-order valence-corrected chi connectivity index (χ0v) is 11.1. The third-order valence-corrected chi connectivity index (χ3v) is 5.20. The Bertz CT molecular complexity index is 309. The number of hydrogen-bond donors (Lipinski definition) is 1. The zero-order valence-electron chi connectivity index (χ0n) is 10.3. The molecular weight excluding hydrogens is 226 g/mol. The van der Waals surface area contributed by atoms with E-state index in [4.69, 9.17) is 0 Å². The van der Waals surface area contributed by atoms with Crippen molar-refractivity contribution in [3.8, 4) is 0 Å². The van der Waals surface area contributed by atoms with E-state index < -0.39 is 15.4 Å². The Morgan fingerprint density at radius 3 is 2.38 bits per heavy atom. The molecule has 16 heavy (non-hydrogen) atoms. The summed E-state index contributed by atoms with van der Waals surface area (Å²) in [6.45, 7) is 5.87. The molecule has 0 bridgehead atoms. The summed E-state index contributed by atoms with van der Waals surface area (Å²) in [5.41, 5.74) is -0.659. The van der Waals surface area contributed by atoms with Gasteiger partial charge in [-0.15, -0.1) is 0 Å². The smallest absolute Gasteiger partial charge is 0.151 e. The van der Waals surface area contributed by atoms with Gasteiger partial charge in [0.1, 0.15) is 0 Å². The molecule has 0 aliphatic carbocycles. The third-order valence-electron chi connectivity index (χ3n) is 3.48. The van der Waals surface area contributed by atoms with E-state index in [9.17, 15) is 13.5 Å². The van der Waals surface area contributed by atoms with Crippen LogP contribution in [0.25, 0.3) is 0 Å². The van der Waals surface area contributed by atoms with E-state index in [-0.39, 0.29) is 5.75 Å². The summed E-state index contributed by atoms with van der Waals surface area (Å²) in [5, 5.41) is 10.2. The molecule has 5 heteroatoms. The second-order valence-electron chi connectivity index (χ2n) is 4.71. The fraction of sp³-hybridized carbons (Fsp3) is 1.00. The predicted octanol–water partition coefficient (Wildman–Crippen LogP) is 0.658. The SMILES string of the molecule is CCC(O)(CC)CN1CCCS(=O)(=O)CC1. The van der Waals surface area contributed by atoms with Gasteiger partial charge in [0.05, 0.1) is 17.1 Å². The Kier molecular flexibility index (Phi) is 4.76. The van der Waals surface area contributed by atoms with Crippen LogP contribution in [0.3, 0.4) is 0 Å². The fourth-order valence-corrected chi connectivity index (χ4v) is 3.35. The first-order valence-electron chi connectivity index (χ1n) is 6.06. The number of aliphatic hydroxyl groups is 1. The molecule has 0 aromatic rings. The van der Waals surface area contributed by atoms with Crippen LogP contribution in [-0.2, 0) is 9.84 Å². The molecule has 0 aromatic carbocycles. The topological polar surface area (TPSA) is 57.6 Å². The van der Waals surface area contributed by atoms with Gasteiger partial charge in [0.15, 0.2) is 9.84 Å². The Labute approximate surface area is 98.6 Å². The van der Waals surface area contributed by atoms with Gasteiger partial charge in [-0.3, -0.25) is 4.90 Å². The molecule has 96 valence electrons. The Morgan fingerprint density at radius 2 is 1.81 bits per heavy atom. The summed E-state index contributed by atoms with van der Waals surface area (Å²) in [5.74, 6) is 0.524. The maximum atomic E-state index is 11.4. The van der Waals surface area contributed by atoms with E-state index in [1.807, 2.05) is 13.8 Å². The van der Waals surface area contributed by atoms with Gasteiger partial charge in [0.2, 0.25) is 0 Å². The molecule has 1 N–H and O–H groups in total. The molecule has 0 spiro atoms. The van der Waals surface area contributed by atoms with Crippen LogP contribution >= 0.6 is 0 Å². The lowest BCUT2D eigenvalue weighted by Crippen LogP contribution is -2.43. The Morgan fingerprint density at radius 1 is 1.19 bits per heavy atom. The largest absolute Gasteiger partial charge is 0.389 e. The van der Waals surface area contributed by atoms with E-state index in [1.165, 1.54) is 0 Å². The van der Waals surface area contributed by atoms with Crippen LogP contribution in [0.4, 0.5) is 0 Å². The molecule has 0 aromatic heterocycles. The fourth-order valence-electron chi connectivity index (χ4n) is 2.04. The number of β-amino-alcohol motifs (C(OH)–C–C–N with tert-alkyl or cyclic N) is 1. The van der Waals surface area contributed by atoms with Crippen molar-refractivity contribution < 1.29 is 13.5 Å². The van der Waals surface area contributed by atoms with Gasteiger partial charge in [-0.05, 0) is 25.8 Å². The van der Waals surface area contributed by atoms with Crippen molar-refractivity contribution in [2.24, 2.45) is 0 Å². The quantitative estimate of drug-likeness (QED) is 0.795. The van der Waals surface area contributed by atoms with Crippen LogP contribution in [0, 0.1) is 0 Å². The van der Waals surface area contributed by atoms with Crippen LogP contribution < -0.4 is 0 Å². The van der Waals surface area contributed by atoms with Gasteiger partial charge in [-0.2, -0.15) is 0 Å². The van der Waals surface area contributed by atoms with Gasteiger partial charge in [-0.25, -0.2) is 8.42 Å². The third kappa shape index (κ3) is 4.03. The van der Waals surface area contributed by atoms with Crippen LogP contribution in [0.15, 0.2) is 0 Å². The number of sulfone groups is 1. The van der Waals surface area contributed by atoms with E-state index in [1.54, 1.807) is 0 Å². The number of hydrogen-bond acceptors (Lipinski definition) is 4. The van der Waals surface area contributed by atoms with Crippen LogP contribution in [0.5, 0.6) is 0 Å². The molecule has 0 amide bonds. The van der Waals surface area contributed by atoms with Crippen molar-refractivity contribution in [3.05, 3.63) is 0 Å². The second kappa shape index (κ2) is 5.47. The first-order valence-corrected chi connectivity index (χ1v) is 7.88. The van der Waals surface area contributed by atoms with Crippen molar-refractivity contribution >= 4 is 9.84 Å². The Balaban J connectivity index is 2.56. The minimum atomic E-state index is -2.84. The summed E-state index contributed by atoms with van der Waals surface area (Å²) in [6, 6.07) is 0. The van der Waals surface area contributed by atoms with Crippen LogP contribution in [-0.4, -0.2) is 55.2 Å².